The predicted molar refractivity (Wildman–Crippen MR) is 86.7 cm³/mol. The van der Waals surface area contributed by atoms with Crippen LogP contribution >= 0.6 is 11.6 Å². The minimum Gasteiger partial charge on any atom is -0.449 e. The third-order valence-corrected chi connectivity index (χ3v) is 3.44. The normalized spacial score (nSPS) is 11.5. The van der Waals surface area contributed by atoms with E-state index < -0.39 is 23.8 Å². The third-order valence-electron chi connectivity index (χ3n) is 3.12. The molecule has 24 heavy (non-hydrogen) atoms. The molecule has 0 aliphatic heterocycles. The summed E-state index contributed by atoms with van der Waals surface area (Å²) in [6, 6.07) is 9.29. The zero-order valence-corrected chi connectivity index (χ0v) is 13.3. The van der Waals surface area contributed by atoms with Gasteiger partial charge in [-0.1, -0.05) is 23.7 Å². The van der Waals surface area contributed by atoms with Crippen molar-refractivity contribution < 1.29 is 23.5 Å². The molecule has 2 aromatic carbocycles. The van der Waals surface area contributed by atoms with Crippen LogP contribution in [0.2, 0.25) is 5.02 Å². The number of carbonyl (C=O) groups is 3. The van der Waals surface area contributed by atoms with E-state index in [2.05, 4.69) is 5.32 Å². The Morgan fingerprint density at radius 3 is 2.46 bits per heavy atom. The van der Waals surface area contributed by atoms with Crippen LogP contribution in [-0.4, -0.2) is 24.3 Å². The van der Waals surface area contributed by atoms with Gasteiger partial charge >= 0.3 is 5.97 Å². The number of hydrogen-bond acceptors (Lipinski definition) is 4. The number of halogens is 2. The molecule has 0 heterocycles. The number of carbonyl (C=O) groups excluding carboxylic acids is 3. The maximum Gasteiger partial charge on any atom is 0.338 e. The molecule has 7 heteroatoms. The van der Waals surface area contributed by atoms with Crippen molar-refractivity contribution in [2.75, 3.05) is 5.32 Å². The minimum atomic E-state index is -1.09. The molecule has 0 saturated carbocycles. The summed E-state index contributed by atoms with van der Waals surface area (Å²) < 4.78 is 18.0. The zero-order valence-electron chi connectivity index (χ0n) is 12.6. The van der Waals surface area contributed by atoms with Crippen molar-refractivity contribution in [2.45, 2.75) is 13.0 Å². The molecule has 0 saturated heterocycles. The summed E-state index contributed by atoms with van der Waals surface area (Å²) in [5.41, 5.74) is 0.838. The lowest BCUT2D eigenvalue weighted by Crippen LogP contribution is -2.30. The van der Waals surface area contributed by atoms with E-state index in [-0.39, 0.29) is 16.3 Å². The summed E-state index contributed by atoms with van der Waals surface area (Å²) in [5, 5.41) is 2.48. The lowest BCUT2D eigenvalue weighted by atomic mass is 10.1. The van der Waals surface area contributed by atoms with E-state index in [0.717, 1.165) is 12.1 Å². The van der Waals surface area contributed by atoms with Gasteiger partial charge in [0.05, 0.1) is 16.3 Å². The first-order valence-electron chi connectivity index (χ1n) is 6.93. The summed E-state index contributed by atoms with van der Waals surface area (Å²) in [6.45, 7) is 1.39. The summed E-state index contributed by atoms with van der Waals surface area (Å²) in [6.07, 6.45) is -0.443. The molecule has 0 fully saturated rings. The molecule has 5 nitrogen and oxygen atoms in total. The predicted octanol–water partition coefficient (Wildman–Crippen LogP) is 3.48. The van der Waals surface area contributed by atoms with E-state index >= 15 is 0 Å². The van der Waals surface area contributed by atoms with Crippen LogP contribution < -0.4 is 5.32 Å². The monoisotopic (exact) mass is 349 g/mol. The highest BCUT2D eigenvalue weighted by atomic mass is 35.5. The van der Waals surface area contributed by atoms with Gasteiger partial charge in [-0.15, -0.1) is 0 Å². The number of rotatable bonds is 5. The van der Waals surface area contributed by atoms with E-state index in [1.54, 1.807) is 0 Å². The van der Waals surface area contributed by atoms with E-state index in [9.17, 15) is 18.8 Å². The summed E-state index contributed by atoms with van der Waals surface area (Å²) >= 11 is 5.82. The first-order valence-corrected chi connectivity index (χ1v) is 7.30. The molecular weight excluding hydrogens is 337 g/mol. The topological polar surface area (TPSA) is 72.5 Å². The lowest BCUT2D eigenvalue weighted by Gasteiger charge is -2.14. The smallest absolute Gasteiger partial charge is 0.338 e. The fourth-order valence-electron chi connectivity index (χ4n) is 1.81. The van der Waals surface area contributed by atoms with E-state index in [0.29, 0.717) is 11.8 Å². The lowest BCUT2D eigenvalue weighted by molar-refractivity contribution is -0.123. The van der Waals surface area contributed by atoms with Crippen molar-refractivity contribution in [1.29, 1.82) is 0 Å². The van der Waals surface area contributed by atoms with Crippen molar-refractivity contribution >= 4 is 35.5 Å². The highest BCUT2D eigenvalue weighted by Gasteiger charge is 2.20. The molecule has 0 unspecified atom stereocenters. The molecule has 1 amide bonds. The number of esters is 1. The summed E-state index contributed by atoms with van der Waals surface area (Å²) in [7, 11) is 0. The number of amides is 1. The van der Waals surface area contributed by atoms with Gasteiger partial charge in [0.1, 0.15) is 12.1 Å². The van der Waals surface area contributed by atoms with E-state index in [1.165, 1.54) is 37.3 Å². The van der Waals surface area contributed by atoms with Crippen molar-refractivity contribution in [3.05, 3.63) is 64.4 Å². The van der Waals surface area contributed by atoms with Gasteiger partial charge in [0, 0.05) is 5.56 Å². The van der Waals surface area contributed by atoms with Crippen molar-refractivity contribution in [3.8, 4) is 0 Å². The second-order valence-corrected chi connectivity index (χ2v) is 5.31. The third kappa shape index (κ3) is 4.39. The molecule has 0 aromatic heterocycles. The molecule has 1 atom stereocenters. The van der Waals surface area contributed by atoms with Gasteiger partial charge in [-0.05, 0) is 37.3 Å². The number of nitrogens with one attached hydrogen (secondary N) is 1. The number of ether oxygens (including phenoxy) is 1. The van der Waals surface area contributed by atoms with Crippen LogP contribution in [0, 0.1) is 5.82 Å². The highest BCUT2D eigenvalue weighted by molar-refractivity contribution is 6.33. The van der Waals surface area contributed by atoms with Crippen LogP contribution in [0.15, 0.2) is 42.5 Å². The fourth-order valence-corrected chi connectivity index (χ4v) is 2.02. The molecule has 0 spiro atoms. The quantitative estimate of drug-likeness (QED) is 0.662. The Morgan fingerprint density at radius 2 is 1.88 bits per heavy atom. The molecule has 2 aromatic rings. The van der Waals surface area contributed by atoms with Crippen LogP contribution in [0.4, 0.5) is 10.1 Å². The Balaban J connectivity index is 1.99. The number of benzene rings is 2. The van der Waals surface area contributed by atoms with Crippen molar-refractivity contribution in [1.82, 2.24) is 0 Å². The first kappa shape index (κ1) is 17.6. The maximum atomic E-state index is 13.0. The molecule has 124 valence electrons. The first-order chi connectivity index (χ1) is 11.4. The maximum absolute atomic E-state index is 13.0. The number of anilines is 1. The molecular formula is C17H13ClFNO4. The van der Waals surface area contributed by atoms with Gasteiger partial charge in [0.15, 0.2) is 6.10 Å². The van der Waals surface area contributed by atoms with Gasteiger partial charge in [0.2, 0.25) is 0 Å². The Kier molecular flexibility index (Phi) is 5.65. The van der Waals surface area contributed by atoms with Gasteiger partial charge in [-0.3, -0.25) is 9.59 Å². The Bertz CT molecular complexity index is 777. The zero-order chi connectivity index (χ0) is 17.7. The molecule has 2 rings (SSSR count). The van der Waals surface area contributed by atoms with Crippen molar-refractivity contribution in [2.24, 2.45) is 0 Å². The summed E-state index contributed by atoms with van der Waals surface area (Å²) in [4.78, 5) is 34.6. The Labute approximate surface area is 142 Å². The van der Waals surface area contributed by atoms with Crippen molar-refractivity contribution in [3.63, 3.8) is 0 Å². The number of aldehydes is 1. The fraction of sp³-hybridized carbons (Fsp3) is 0.118. The second kappa shape index (κ2) is 7.70. The Morgan fingerprint density at radius 1 is 1.21 bits per heavy atom. The molecule has 0 radical (unpaired) electrons. The molecule has 0 aliphatic carbocycles. The van der Waals surface area contributed by atoms with Gasteiger partial charge in [0.25, 0.3) is 5.91 Å². The highest BCUT2D eigenvalue weighted by Crippen LogP contribution is 2.22. The SMILES string of the molecule is C[C@H](OC(=O)c1ccc(C=O)cc1)C(=O)Nc1ccc(F)cc1Cl. The summed E-state index contributed by atoms with van der Waals surface area (Å²) in [5.74, 6) is -1.85. The minimum absolute atomic E-state index is 0.0336. The van der Waals surface area contributed by atoms with E-state index in [1.807, 2.05) is 0 Å². The molecule has 1 N–H and O–H groups in total. The molecule has 0 bridgehead atoms. The second-order valence-electron chi connectivity index (χ2n) is 4.90. The van der Waals surface area contributed by atoms with Gasteiger partial charge < -0.3 is 10.1 Å². The van der Waals surface area contributed by atoms with Crippen LogP contribution in [0.5, 0.6) is 0 Å². The van der Waals surface area contributed by atoms with Crippen LogP contribution in [-0.2, 0) is 9.53 Å². The van der Waals surface area contributed by atoms with Crippen LogP contribution in [0.1, 0.15) is 27.6 Å². The average Bonchev–Trinajstić information content (AvgIpc) is 2.57. The standard InChI is InChI=1S/C17H13ClFNO4/c1-10(16(22)20-15-7-6-13(19)8-14(15)18)24-17(23)12-4-2-11(9-21)3-5-12/h2-10H,1H3,(H,20,22)/t10-/m0/s1. The van der Waals surface area contributed by atoms with Crippen LogP contribution in [0.25, 0.3) is 0 Å². The largest absolute Gasteiger partial charge is 0.449 e. The number of hydrogen-bond donors (Lipinski definition) is 1. The molecule has 0 aliphatic rings. The van der Waals surface area contributed by atoms with Crippen LogP contribution in [0.3, 0.4) is 0 Å². The Hall–Kier alpha value is -2.73. The van der Waals surface area contributed by atoms with Gasteiger partial charge in [-0.25, -0.2) is 9.18 Å². The average molecular weight is 350 g/mol. The van der Waals surface area contributed by atoms with E-state index in [4.69, 9.17) is 16.3 Å². The van der Waals surface area contributed by atoms with Gasteiger partial charge in [-0.2, -0.15) is 0 Å².